The van der Waals surface area contributed by atoms with Crippen LogP contribution in [0.1, 0.15) is 24.4 Å². The van der Waals surface area contributed by atoms with Crippen molar-refractivity contribution in [2.24, 2.45) is 0 Å². The molecule has 0 fully saturated rings. The minimum atomic E-state index is -0.326. The molecule has 0 bridgehead atoms. The van der Waals surface area contributed by atoms with Crippen molar-refractivity contribution in [2.45, 2.75) is 18.9 Å². The van der Waals surface area contributed by atoms with E-state index in [4.69, 9.17) is 16.3 Å². The van der Waals surface area contributed by atoms with Crippen molar-refractivity contribution in [3.63, 3.8) is 0 Å². The lowest BCUT2D eigenvalue weighted by atomic mass is 10.0. The maximum absolute atomic E-state index is 12.7. The van der Waals surface area contributed by atoms with Crippen molar-refractivity contribution in [1.29, 1.82) is 0 Å². The molecule has 4 N–H and O–H groups in total. The van der Waals surface area contributed by atoms with Crippen molar-refractivity contribution < 1.29 is 9.53 Å². The van der Waals surface area contributed by atoms with E-state index < -0.39 is 0 Å². The number of aromatic nitrogens is 3. The Kier molecular flexibility index (Phi) is 5.51. The highest BCUT2D eigenvalue weighted by molar-refractivity contribution is 6.33. The maximum Gasteiger partial charge on any atom is 0.320 e. The Morgan fingerprint density at radius 3 is 2.91 bits per heavy atom. The Morgan fingerprint density at radius 1 is 1.16 bits per heavy atom. The van der Waals surface area contributed by atoms with Gasteiger partial charge in [-0.1, -0.05) is 41.9 Å². The number of carbonyl (C=O) groups excluding carboxylic acids is 1. The second kappa shape index (κ2) is 8.76. The predicted octanol–water partition coefficient (Wildman–Crippen LogP) is 5.39. The second-order valence-corrected chi connectivity index (χ2v) is 7.88. The van der Waals surface area contributed by atoms with Crippen molar-refractivity contribution >= 4 is 45.9 Å². The molecule has 1 aliphatic heterocycles. The summed E-state index contributed by atoms with van der Waals surface area (Å²) in [6, 6.07) is 16.5. The molecule has 0 aliphatic carbocycles. The first kappa shape index (κ1) is 20.1. The highest BCUT2D eigenvalue weighted by Crippen LogP contribution is 2.31. The number of pyridine rings is 1. The third-order valence-electron chi connectivity index (χ3n) is 5.31. The molecular weight excluding hydrogens is 428 g/mol. The molecule has 32 heavy (non-hydrogen) atoms. The SMILES string of the molecule is O=C(Nc1cc2[nH]nc(Nc3ccccc3Cl)c2cn1)NC1CCCOc2ccccc21. The van der Waals surface area contributed by atoms with E-state index in [-0.39, 0.29) is 12.1 Å². The first-order valence-electron chi connectivity index (χ1n) is 10.3. The molecule has 5 rings (SSSR count). The van der Waals surface area contributed by atoms with E-state index in [1.165, 1.54) is 0 Å². The molecule has 2 aromatic carbocycles. The summed E-state index contributed by atoms with van der Waals surface area (Å²) in [5, 5.41) is 17.7. The normalized spacial score (nSPS) is 15.3. The number of benzene rings is 2. The number of para-hydroxylation sites is 2. The number of nitrogens with one attached hydrogen (secondary N) is 4. The largest absolute Gasteiger partial charge is 0.493 e. The van der Waals surface area contributed by atoms with Gasteiger partial charge in [0, 0.05) is 17.8 Å². The smallest absolute Gasteiger partial charge is 0.320 e. The predicted molar refractivity (Wildman–Crippen MR) is 125 cm³/mol. The van der Waals surface area contributed by atoms with E-state index in [1.54, 1.807) is 18.3 Å². The quantitative estimate of drug-likeness (QED) is 0.335. The van der Waals surface area contributed by atoms with Crippen molar-refractivity contribution in [1.82, 2.24) is 20.5 Å². The van der Waals surface area contributed by atoms with Gasteiger partial charge in [0.25, 0.3) is 0 Å². The first-order valence-corrected chi connectivity index (χ1v) is 10.7. The fourth-order valence-corrected chi connectivity index (χ4v) is 3.94. The topological polar surface area (TPSA) is 104 Å². The molecule has 0 spiro atoms. The van der Waals surface area contributed by atoms with Crippen LogP contribution in [-0.4, -0.2) is 27.8 Å². The highest BCUT2D eigenvalue weighted by Gasteiger charge is 2.21. The molecular formula is C23H21ClN6O2. The van der Waals surface area contributed by atoms with Gasteiger partial charge in [-0.3, -0.25) is 10.4 Å². The lowest BCUT2D eigenvalue weighted by Crippen LogP contribution is -2.32. The summed E-state index contributed by atoms with van der Waals surface area (Å²) < 4.78 is 5.77. The van der Waals surface area contributed by atoms with E-state index in [9.17, 15) is 4.79 Å². The van der Waals surface area contributed by atoms with E-state index in [1.807, 2.05) is 42.5 Å². The molecule has 1 atom stereocenters. The number of amides is 2. The third-order valence-corrected chi connectivity index (χ3v) is 5.64. The number of fused-ring (bicyclic) bond motifs is 2. The summed E-state index contributed by atoms with van der Waals surface area (Å²) >= 11 is 6.22. The molecule has 3 heterocycles. The Labute approximate surface area is 189 Å². The number of nitrogens with zero attached hydrogens (tertiary/aromatic N) is 2. The number of rotatable bonds is 4. The van der Waals surface area contributed by atoms with Gasteiger partial charge in [-0.15, -0.1) is 0 Å². The number of carbonyl (C=O) groups is 1. The minimum Gasteiger partial charge on any atom is -0.493 e. The van der Waals surface area contributed by atoms with Gasteiger partial charge < -0.3 is 15.4 Å². The zero-order chi connectivity index (χ0) is 21.9. The van der Waals surface area contributed by atoms with Crippen LogP contribution in [0.15, 0.2) is 60.8 Å². The molecule has 0 saturated heterocycles. The number of hydrogen-bond donors (Lipinski definition) is 4. The lowest BCUT2D eigenvalue weighted by molar-refractivity contribution is 0.247. The molecule has 9 heteroatoms. The Hall–Kier alpha value is -3.78. The highest BCUT2D eigenvalue weighted by atomic mass is 35.5. The van der Waals surface area contributed by atoms with E-state index >= 15 is 0 Å². The lowest BCUT2D eigenvalue weighted by Gasteiger charge is -2.18. The number of H-pyrrole nitrogens is 1. The fourth-order valence-electron chi connectivity index (χ4n) is 3.75. The third kappa shape index (κ3) is 4.17. The first-order chi connectivity index (χ1) is 15.7. The molecule has 2 amide bonds. The fraction of sp³-hybridized carbons (Fsp3) is 0.174. The van der Waals surface area contributed by atoms with Crippen molar-refractivity contribution in [3.05, 3.63) is 71.4 Å². The van der Waals surface area contributed by atoms with Gasteiger partial charge in [0.2, 0.25) is 0 Å². The number of ether oxygens (including phenoxy) is 1. The number of halogens is 1. The second-order valence-electron chi connectivity index (χ2n) is 7.47. The zero-order valence-electron chi connectivity index (χ0n) is 17.1. The van der Waals surface area contributed by atoms with Crippen LogP contribution in [0.4, 0.5) is 22.1 Å². The van der Waals surface area contributed by atoms with Crippen LogP contribution in [-0.2, 0) is 0 Å². The molecule has 0 radical (unpaired) electrons. The summed E-state index contributed by atoms with van der Waals surface area (Å²) in [4.78, 5) is 17.0. The van der Waals surface area contributed by atoms with Crippen LogP contribution in [0.25, 0.3) is 10.9 Å². The summed E-state index contributed by atoms with van der Waals surface area (Å²) in [6.45, 7) is 0.638. The number of anilines is 3. The van der Waals surface area contributed by atoms with Gasteiger partial charge in [0.1, 0.15) is 11.6 Å². The monoisotopic (exact) mass is 448 g/mol. The van der Waals surface area contributed by atoms with Gasteiger partial charge in [-0.2, -0.15) is 5.10 Å². The molecule has 162 valence electrons. The van der Waals surface area contributed by atoms with Gasteiger partial charge in [-0.25, -0.2) is 9.78 Å². The van der Waals surface area contributed by atoms with E-state index in [0.29, 0.717) is 23.3 Å². The molecule has 0 saturated carbocycles. The number of aromatic amines is 1. The Balaban J connectivity index is 1.30. The number of urea groups is 1. The van der Waals surface area contributed by atoms with Gasteiger partial charge >= 0.3 is 6.03 Å². The van der Waals surface area contributed by atoms with Crippen molar-refractivity contribution in [3.8, 4) is 5.75 Å². The minimum absolute atomic E-state index is 0.129. The average molecular weight is 449 g/mol. The summed E-state index contributed by atoms with van der Waals surface area (Å²) in [6.07, 6.45) is 3.32. The van der Waals surface area contributed by atoms with Crippen LogP contribution in [0.2, 0.25) is 5.02 Å². The van der Waals surface area contributed by atoms with Crippen LogP contribution in [0.3, 0.4) is 0 Å². The standard InChI is InChI=1S/C23H21ClN6O2/c24-16-7-2-3-8-18(16)26-22-15-13-25-21(12-19(15)29-30-22)28-23(31)27-17-9-5-11-32-20-10-4-1-6-14(17)20/h1-4,6-8,10,12-13,17H,5,9,11H2,(H2,26,29,30)(H2,25,27,28,31). The van der Waals surface area contributed by atoms with E-state index in [0.717, 1.165) is 40.7 Å². The molecule has 4 aromatic rings. The molecule has 2 aromatic heterocycles. The molecule has 1 aliphatic rings. The zero-order valence-corrected chi connectivity index (χ0v) is 17.8. The molecule has 1 unspecified atom stereocenters. The Morgan fingerprint density at radius 2 is 2.00 bits per heavy atom. The summed E-state index contributed by atoms with van der Waals surface area (Å²) in [5.41, 5.74) is 2.46. The molecule has 8 nitrogen and oxygen atoms in total. The van der Waals surface area contributed by atoms with Gasteiger partial charge in [0.05, 0.1) is 34.3 Å². The summed E-state index contributed by atoms with van der Waals surface area (Å²) in [5.74, 6) is 1.83. The van der Waals surface area contributed by atoms with Gasteiger partial charge in [-0.05, 0) is 31.0 Å². The van der Waals surface area contributed by atoms with Crippen LogP contribution in [0, 0.1) is 0 Å². The van der Waals surface area contributed by atoms with E-state index in [2.05, 4.69) is 31.1 Å². The van der Waals surface area contributed by atoms with Crippen LogP contribution >= 0.6 is 11.6 Å². The van der Waals surface area contributed by atoms with Crippen LogP contribution in [0.5, 0.6) is 5.75 Å². The number of hydrogen-bond acceptors (Lipinski definition) is 5. The Bertz CT molecular complexity index is 1270. The maximum atomic E-state index is 12.7. The summed E-state index contributed by atoms with van der Waals surface area (Å²) in [7, 11) is 0. The van der Waals surface area contributed by atoms with Crippen LogP contribution < -0.4 is 20.7 Å². The average Bonchev–Trinajstić information content (AvgIpc) is 3.08. The van der Waals surface area contributed by atoms with Crippen molar-refractivity contribution in [2.75, 3.05) is 17.2 Å². The van der Waals surface area contributed by atoms with Gasteiger partial charge in [0.15, 0.2) is 5.82 Å².